The first-order chi connectivity index (χ1) is 18.3. The third kappa shape index (κ3) is 9.50. The van der Waals surface area contributed by atoms with Gasteiger partial charge in [0.2, 0.25) is 0 Å². The molecule has 0 unspecified atom stereocenters. The Hall–Kier alpha value is -1.02. The molecule has 4 aromatic rings. The monoisotopic (exact) mass is 718 g/mol. The SMILES string of the molecule is C1CCOC1.CC1(C)OC[C@H](Cn2ccc3c(Br)cccc32)O1.OC[C@@H](O)Cn1ccc2c(Br)cccc21.S.S. The van der Waals surface area contributed by atoms with Crippen LogP contribution in [0.3, 0.4) is 0 Å². The van der Waals surface area contributed by atoms with E-state index in [0.717, 1.165) is 39.6 Å². The van der Waals surface area contributed by atoms with Gasteiger partial charge in [0.25, 0.3) is 0 Å². The standard InChI is InChI=1S/C14H16BrNO2.C11H12BrNO2.C4H8O.2H2S/c1-14(2)17-9-10(18-14)8-16-7-6-11-12(15)4-3-5-13(11)16;12-10-2-1-3-11-9(10)4-5-13(11)6-8(15)7-14;1-2-4-5-3-1;;/h3-7,10H,8-9H2,1-2H3;1-5,8,14-15H,6-7H2;1-4H2;2*1H2/t10-;8-;;;/m00.../s1. The first-order valence-corrected chi connectivity index (χ1v) is 14.5. The van der Waals surface area contributed by atoms with Crippen molar-refractivity contribution in [1.82, 2.24) is 9.13 Å². The Labute approximate surface area is 266 Å². The molecule has 2 fully saturated rings. The molecule has 0 radical (unpaired) electrons. The van der Waals surface area contributed by atoms with Crippen LogP contribution >= 0.6 is 58.9 Å². The molecule has 2 aliphatic rings. The molecule has 2 aliphatic heterocycles. The van der Waals surface area contributed by atoms with Gasteiger partial charge in [0, 0.05) is 56.4 Å². The number of fused-ring (bicyclic) bond motifs is 2. The van der Waals surface area contributed by atoms with Gasteiger partial charge in [-0.3, -0.25) is 0 Å². The lowest BCUT2D eigenvalue weighted by Gasteiger charge is -2.17. The lowest BCUT2D eigenvalue weighted by molar-refractivity contribution is -0.139. The van der Waals surface area contributed by atoms with Gasteiger partial charge in [-0.15, -0.1) is 0 Å². The van der Waals surface area contributed by atoms with E-state index in [0.29, 0.717) is 13.2 Å². The van der Waals surface area contributed by atoms with E-state index in [1.165, 1.54) is 23.7 Å². The topological polar surface area (TPSA) is 78.0 Å². The Morgan fingerprint density at radius 1 is 0.900 bits per heavy atom. The zero-order valence-electron chi connectivity index (χ0n) is 22.9. The molecular weight excluding hydrogens is 680 g/mol. The molecule has 0 aliphatic carbocycles. The van der Waals surface area contributed by atoms with Crippen LogP contribution in [0.5, 0.6) is 0 Å². The largest absolute Gasteiger partial charge is 0.394 e. The van der Waals surface area contributed by atoms with Gasteiger partial charge in [0.05, 0.1) is 32.4 Å². The molecule has 2 N–H and O–H groups in total. The van der Waals surface area contributed by atoms with E-state index >= 15 is 0 Å². The van der Waals surface area contributed by atoms with Crippen molar-refractivity contribution in [2.75, 3.05) is 26.4 Å². The van der Waals surface area contributed by atoms with Gasteiger partial charge in [0.15, 0.2) is 5.79 Å². The van der Waals surface area contributed by atoms with Crippen molar-refractivity contribution < 1.29 is 24.4 Å². The Balaban J connectivity index is 0.000000231. The fraction of sp³-hybridized carbons (Fsp3) is 0.448. The number of rotatable bonds is 5. The fourth-order valence-corrected chi connectivity index (χ4v) is 5.53. The lowest BCUT2D eigenvalue weighted by Crippen LogP contribution is -2.23. The molecule has 4 heterocycles. The van der Waals surface area contributed by atoms with Crippen molar-refractivity contribution in [2.24, 2.45) is 0 Å². The summed E-state index contributed by atoms with van der Waals surface area (Å²) in [4.78, 5) is 0. The van der Waals surface area contributed by atoms with Gasteiger partial charge in [-0.1, -0.05) is 44.0 Å². The second-order valence-corrected chi connectivity index (χ2v) is 11.6. The molecule has 0 amide bonds. The molecule has 6 rings (SSSR count). The van der Waals surface area contributed by atoms with Crippen LogP contribution in [0.15, 0.2) is 69.9 Å². The molecule has 222 valence electrons. The third-order valence-corrected chi connectivity index (χ3v) is 7.82. The van der Waals surface area contributed by atoms with E-state index in [1.54, 1.807) is 0 Å². The summed E-state index contributed by atoms with van der Waals surface area (Å²) in [6, 6.07) is 16.3. The first kappa shape index (κ1) is 35.2. The van der Waals surface area contributed by atoms with Gasteiger partial charge in [0.1, 0.15) is 6.10 Å². The van der Waals surface area contributed by atoms with Gasteiger partial charge in [-0.2, -0.15) is 27.0 Å². The van der Waals surface area contributed by atoms with E-state index < -0.39 is 11.9 Å². The Bertz CT molecular complexity index is 1320. The van der Waals surface area contributed by atoms with Crippen molar-refractivity contribution in [3.8, 4) is 0 Å². The summed E-state index contributed by atoms with van der Waals surface area (Å²) in [7, 11) is 0. The maximum absolute atomic E-state index is 9.38. The highest BCUT2D eigenvalue weighted by molar-refractivity contribution is 9.11. The summed E-state index contributed by atoms with van der Waals surface area (Å²) < 4.78 is 22.7. The van der Waals surface area contributed by atoms with E-state index in [2.05, 4.69) is 66.9 Å². The van der Waals surface area contributed by atoms with Crippen LogP contribution in [0.4, 0.5) is 0 Å². The predicted octanol–water partition coefficient (Wildman–Crippen LogP) is 6.33. The van der Waals surface area contributed by atoms with Crippen LogP contribution in [0.2, 0.25) is 0 Å². The Morgan fingerprint density at radius 3 is 1.93 bits per heavy atom. The summed E-state index contributed by atoms with van der Waals surface area (Å²) in [5.74, 6) is -0.450. The Morgan fingerprint density at radius 2 is 1.45 bits per heavy atom. The molecule has 7 nitrogen and oxygen atoms in total. The second-order valence-electron chi connectivity index (χ2n) is 9.89. The number of benzene rings is 2. The van der Waals surface area contributed by atoms with Crippen molar-refractivity contribution in [3.63, 3.8) is 0 Å². The van der Waals surface area contributed by atoms with Crippen LogP contribution in [-0.2, 0) is 27.3 Å². The number of nitrogens with zero attached hydrogens (tertiary/aromatic N) is 2. The molecule has 11 heteroatoms. The van der Waals surface area contributed by atoms with Gasteiger partial charge < -0.3 is 33.6 Å². The van der Waals surface area contributed by atoms with Crippen LogP contribution in [0.25, 0.3) is 21.8 Å². The minimum atomic E-state index is -0.709. The molecule has 2 aromatic heterocycles. The Kier molecular flexibility index (Phi) is 14.6. The maximum atomic E-state index is 9.38. The highest BCUT2D eigenvalue weighted by atomic mass is 79.9. The van der Waals surface area contributed by atoms with Crippen molar-refractivity contribution in [1.29, 1.82) is 0 Å². The average Bonchev–Trinajstić information content (AvgIpc) is 3.70. The third-order valence-electron chi connectivity index (χ3n) is 6.43. The predicted molar refractivity (Wildman–Crippen MR) is 178 cm³/mol. The number of aliphatic hydroxyl groups excluding tert-OH is 2. The number of hydrogen-bond donors (Lipinski definition) is 2. The minimum Gasteiger partial charge on any atom is -0.394 e. The molecule has 0 spiro atoms. The summed E-state index contributed by atoms with van der Waals surface area (Å²) in [5, 5.41) is 20.5. The lowest BCUT2D eigenvalue weighted by atomic mass is 10.2. The number of hydrogen-bond acceptors (Lipinski definition) is 5. The van der Waals surface area contributed by atoms with E-state index in [-0.39, 0.29) is 39.7 Å². The number of halogens is 2. The zero-order valence-corrected chi connectivity index (χ0v) is 28.0. The quantitative estimate of drug-likeness (QED) is 0.252. The van der Waals surface area contributed by atoms with E-state index in [9.17, 15) is 5.11 Å². The van der Waals surface area contributed by atoms with Gasteiger partial charge in [-0.05, 0) is 63.1 Å². The highest BCUT2D eigenvalue weighted by Gasteiger charge is 2.32. The molecule has 2 atom stereocenters. The van der Waals surface area contributed by atoms with Gasteiger partial charge in [-0.25, -0.2) is 0 Å². The smallest absolute Gasteiger partial charge is 0.163 e. The molecule has 0 saturated carbocycles. The van der Waals surface area contributed by atoms with E-state index in [1.807, 2.05) is 48.9 Å². The summed E-state index contributed by atoms with van der Waals surface area (Å²) in [5.41, 5.74) is 2.27. The molecular formula is C29H40Br2N2O5S2. The van der Waals surface area contributed by atoms with Crippen LogP contribution in [0.1, 0.15) is 26.7 Å². The highest BCUT2D eigenvalue weighted by Crippen LogP contribution is 2.28. The molecule has 40 heavy (non-hydrogen) atoms. The zero-order chi connectivity index (χ0) is 27.1. The average molecular weight is 721 g/mol. The minimum absolute atomic E-state index is 0. The van der Waals surface area contributed by atoms with Crippen molar-refractivity contribution in [2.45, 2.75) is 57.8 Å². The number of ether oxygens (including phenoxy) is 3. The van der Waals surface area contributed by atoms with Crippen LogP contribution in [0, 0.1) is 0 Å². The van der Waals surface area contributed by atoms with Crippen molar-refractivity contribution >= 4 is 80.7 Å². The van der Waals surface area contributed by atoms with Crippen LogP contribution < -0.4 is 0 Å². The molecule has 2 aromatic carbocycles. The van der Waals surface area contributed by atoms with Gasteiger partial charge >= 0.3 is 0 Å². The second kappa shape index (κ2) is 16.6. The molecule has 0 bridgehead atoms. The fourth-order valence-electron chi connectivity index (χ4n) is 4.56. The summed E-state index contributed by atoms with van der Waals surface area (Å²) in [6.07, 6.45) is 5.98. The van der Waals surface area contributed by atoms with Crippen LogP contribution in [-0.4, -0.2) is 63.8 Å². The number of aromatic nitrogens is 2. The summed E-state index contributed by atoms with van der Waals surface area (Å²) in [6.45, 7) is 7.59. The van der Waals surface area contributed by atoms with E-state index in [4.69, 9.17) is 19.3 Å². The first-order valence-electron chi connectivity index (χ1n) is 12.9. The molecule has 2 saturated heterocycles. The normalized spacial score (nSPS) is 18.2. The van der Waals surface area contributed by atoms with Crippen molar-refractivity contribution in [3.05, 3.63) is 69.9 Å². The maximum Gasteiger partial charge on any atom is 0.163 e. The summed E-state index contributed by atoms with van der Waals surface area (Å²) >= 11 is 7.04. The number of aliphatic hydroxyl groups is 2.